The van der Waals surface area contributed by atoms with Crippen molar-refractivity contribution in [2.45, 2.75) is 0 Å². The molecule has 2 aromatic heterocycles. The van der Waals surface area contributed by atoms with Crippen molar-refractivity contribution in [1.82, 2.24) is 4.57 Å². The van der Waals surface area contributed by atoms with E-state index in [1.165, 1.54) is 44.1 Å². The average Bonchev–Trinajstić information content (AvgIpc) is 3.52. The third kappa shape index (κ3) is 3.54. The zero-order chi connectivity index (χ0) is 25.9. The first-order chi connectivity index (χ1) is 19.2. The fraction of sp³-hybridized carbons (Fsp3) is 0. The highest BCUT2D eigenvalue weighted by atomic mass is 79.9. The molecule has 0 N–H and O–H groups in total. The zero-order valence-electron chi connectivity index (χ0n) is 20.9. The van der Waals surface area contributed by atoms with Crippen LogP contribution in [0.3, 0.4) is 0 Å². The van der Waals surface area contributed by atoms with Crippen molar-refractivity contribution in [3.63, 3.8) is 0 Å². The Morgan fingerprint density at radius 2 is 1.18 bits per heavy atom. The summed E-state index contributed by atoms with van der Waals surface area (Å²) in [4.78, 5) is 0. The number of fused-ring (bicyclic) bond motifs is 6. The molecule has 0 saturated heterocycles. The van der Waals surface area contributed by atoms with Crippen LogP contribution in [0.5, 0.6) is 0 Å². The van der Waals surface area contributed by atoms with Gasteiger partial charge in [-0.1, -0.05) is 94.8 Å². The van der Waals surface area contributed by atoms with Gasteiger partial charge in [0, 0.05) is 31.7 Å². The first-order valence-electron chi connectivity index (χ1n) is 13.0. The average molecular weight is 564 g/mol. The van der Waals surface area contributed by atoms with Crippen LogP contribution in [0.2, 0.25) is 0 Å². The molecule has 8 rings (SSSR count). The summed E-state index contributed by atoms with van der Waals surface area (Å²) in [7, 11) is 0. The molecule has 2 nitrogen and oxygen atoms in total. The van der Waals surface area contributed by atoms with Crippen LogP contribution in [0.4, 0.5) is 0 Å². The third-order valence-electron chi connectivity index (χ3n) is 7.67. The summed E-state index contributed by atoms with van der Waals surface area (Å²) in [6, 6.07) is 47.4. The Balaban J connectivity index is 1.33. The number of hydrogen-bond donors (Lipinski definition) is 0. The van der Waals surface area contributed by atoms with E-state index in [-0.39, 0.29) is 0 Å². The van der Waals surface area contributed by atoms with Crippen LogP contribution in [0.15, 0.2) is 142 Å². The van der Waals surface area contributed by atoms with Crippen LogP contribution < -0.4 is 0 Å². The lowest BCUT2D eigenvalue weighted by Crippen LogP contribution is -1.93. The molecule has 0 aliphatic heterocycles. The van der Waals surface area contributed by atoms with Crippen molar-refractivity contribution in [2.24, 2.45) is 0 Å². The summed E-state index contributed by atoms with van der Waals surface area (Å²) in [6.07, 6.45) is 0. The third-order valence-corrected chi connectivity index (χ3v) is 8.36. The smallest absolute Gasteiger partial charge is 0.135 e. The molecule has 2 heterocycles. The lowest BCUT2D eigenvalue weighted by Gasteiger charge is -2.10. The van der Waals surface area contributed by atoms with Gasteiger partial charge in [-0.05, 0) is 76.9 Å². The van der Waals surface area contributed by atoms with E-state index in [4.69, 9.17) is 4.42 Å². The first-order valence-corrected chi connectivity index (χ1v) is 13.8. The Morgan fingerprint density at radius 3 is 2.10 bits per heavy atom. The molecule has 8 aromatic rings. The van der Waals surface area contributed by atoms with Gasteiger partial charge in [-0.2, -0.15) is 0 Å². The molecule has 0 saturated carbocycles. The van der Waals surface area contributed by atoms with E-state index < -0.39 is 0 Å². The second kappa shape index (κ2) is 8.72. The van der Waals surface area contributed by atoms with Gasteiger partial charge in [-0.3, -0.25) is 0 Å². The minimum Gasteiger partial charge on any atom is -0.456 e. The number of hydrogen-bond acceptors (Lipinski definition) is 1. The lowest BCUT2D eigenvalue weighted by molar-refractivity contribution is 0.669. The monoisotopic (exact) mass is 563 g/mol. The fourth-order valence-corrected chi connectivity index (χ4v) is 6.36. The molecule has 6 aromatic carbocycles. The van der Waals surface area contributed by atoms with E-state index >= 15 is 0 Å². The van der Waals surface area contributed by atoms with Gasteiger partial charge in [0.2, 0.25) is 0 Å². The van der Waals surface area contributed by atoms with Gasteiger partial charge in [0.15, 0.2) is 0 Å². The van der Waals surface area contributed by atoms with E-state index in [1.54, 1.807) is 0 Å². The highest BCUT2D eigenvalue weighted by Crippen LogP contribution is 2.38. The predicted octanol–water partition coefficient (Wildman–Crippen LogP) is 10.8. The van der Waals surface area contributed by atoms with E-state index in [0.29, 0.717) is 0 Å². The number of rotatable bonds is 3. The van der Waals surface area contributed by atoms with Crippen LogP contribution >= 0.6 is 15.9 Å². The minimum atomic E-state index is 0.910. The number of para-hydroxylation sites is 2. The largest absolute Gasteiger partial charge is 0.456 e. The molecule has 0 bridgehead atoms. The van der Waals surface area contributed by atoms with E-state index in [9.17, 15) is 0 Å². The van der Waals surface area contributed by atoms with Gasteiger partial charge in [-0.25, -0.2) is 0 Å². The molecule has 0 spiro atoms. The number of furan rings is 1. The van der Waals surface area contributed by atoms with E-state index in [0.717, 1.165) is 32.1 Å². The molecule has 0 radical (unpaired) electrons. The topological polar surface area (TPSA) is 18.1 Å². The molecule has 0 aliphatic carbocycles. The molecule has 0 fully saturated rings. The quantitative estimate of drug-likeness (QED) is 0.209. The summed E-state index contributed by atoms with van der Waals surface area (Å²) in [5.74, 6) is 0. The standard InChI is InChI=1S/C36H22BrNO/c37-32-13-4-1-10-27(32)25-9-7-8-23(20-25)24-16-18-34-30(21-24)28-11-2-5-14-33(28)38(34)26-17-19-36-31(22-26)29-12-3-6-15-35(29)39-36/h1-22H. The maximum absolute atomic E-state index is 6.10. The molecule has 184 valence electrons. The predicted molar refractivity (Wildman–Crippen MR) is 167 cm³/mol. The number of benzene rings is 6. The van der Waals surface area contributed by atoms with Crippen molar-refractivity contribution in [1.29, 1.82) is 0 Å². The van der Waals surface area contributed by atoms with Crippen molar-refractivity contribution < 1.29 is 4.42 Å². The Morgan fingerprint density at radius 1 is 0.462 bits per heavy atom. The Kier molecular flexibility index (Phi) is 5.01. The van der Waals surface area contributed by atoms with Gasteiger partial charge in [0.05, 0.1) is 11.0 Å². The summed E-state index contributed by atoms with van der Waals surface area (Å²) in [6.45, 7) is 0. The molecule has 0 amide bonds. The highest BCUT2D eigenvalue weighted by Gasteiger charge is 2.15. The van der Waals surface area contributed by atoms with Crippen LogP contribution in [0.1, 0.15) is 0 Å². The Hall–Kier alpha value is -4.60. The molecule has 0 unspecified atom stereocenters. The highest BCUT2D eigenvalue weighted by molar-refractivity contribution is 9.10. The second-order valence-electron chi connectivity index (χ2n) is 9.92. The van der Waals surface area contributed by atoms with E-state index in [1.807, 2.05) is 18.2 Å². The maximum atomic E-state index is 6.10. The van der Waals surface area contributed by atoms with Crippen molar-refractivity contribution in [3.8, 4) is 27.9 Å². The van der Waals surface area contributed by atoms with Gasteiger partial charge in [0.1, 0.15) is 11.2 Å². The molecule has 39 heavy (non-hydrogen) atoms. The van der Waals surface area contributed by atoms with Gasteiger partial charge >= 0.3 is 0 Å². The minimum absolute atomic E-state index is 0.910. The Bertz CT molecular complexity index is 2200. The second-order valence-corrected chi connectivity index (χ2v) is 10.8. The van der Waals surface area contributed by atoms with E-state index in [2.05, 4.69) is 136 Å². The normalized spacial score (nSPS) is 11.7. The molecule has 3 heteroatoms. The van der Waals surface area contributed by atoms with Gasteiger partial charge < -0.3 is 8.98 Å². The summed E-state index contributed by atoms with van der Waals surface area (Å²) < 4.78 is 9.57. The number of halogens is 1. The zero-order valence-corrected chi connectivity index (χ0v) is 22.5. The molecular formula is C36H22BrNO. The fourth-order valence-electron chi connectivity index (χ4n) is 5.85. The van der Waals surface area contributed by atoms with Gasteiger partial charge in [0.25, 0.3) is 0 Å². The number of nitrogens with zero attached hydrogens (tertiary/aromatic N) is 1. The van der Waals surface area contributed by atoms with Crippen molar-refractivity contribution in [2.75, 3.05) is 0 Å². The molecule has 0 aliphatic rings. The van der Waals surface area contributed by atoms with Crippen molar-refractivity contribution >= 4 is 59.7 Å². The molecule has 0 atom stereocenters. The maximum Gasteiger partial charge on any atom is 0.135 e. The summed E-state index contributed by atoms with van der Waals surface area (Å²) in [5, 5.41) is 4.76. The van der Waals surface area contributed by atoms with Crippen LogP contribution in [-0.4, -0.2) is 4.57 Å². The SMILES string of the molecule is Brc1ccccc1-c1cccc(-c2ccc3c(c2)c2ccccc2n3-c2ccc3oc4ccccc4c3c2)c1. The molecular weight excluding hydrogens is 542 g/mol. The lowest BCUT2D eigenvalue weighted by atomic mass is 9.98. The Labute approximate surface area is 233 Å². The van der Waals surface area contributed by atoms with Crippen LogP contribution in [0, 0.1) is 0 Å². The van der Waals surface area contributed by atoms with Gasteiger partial charge in [-0.15, -0.1) is 0 Å². The first kappa shape index (κ1) is 22.4. The summed E-state index contributed by atoms with van der Waals surface area (Å²) >= 11 is 3.72. The number of aromatic nitrogens is 1. The van der Waals surface area contributed by atoms with Crippen LogP contribution in [-0.2, 0) is 0 Å². The summed E-state index contributed by atoms with van der Waals surface area (Å²) in [5.41, 5.74) is 10.1. The van der Waals surface area contributed by atoms with Crippen LogP contribution in [0.25, 0.3) is 71.7 Å². The van der Waals surface area contributed by atoms with Crippen molar-refractivity contribution in [3.05, 3.63) is 138 Å².